The maximum atomic E-state index is 11.0. The molecule has 12 N–H and O–H groups in total. The molecular weight excluding hydrogens is 287 g/mol. The van der Waals surface area contributed by atoms with Crippen molar-refractivity contribution in [3.63, 3.8) is 0 Å². The number of carbonyl (C=O) groups is 1. The molecule has 11 nitrogen and oxygen atoms in total. The van der Waals surface area contributed by atoms with Crippen molar-refractivity contribution in [1.29, 1.82) is 0 Å². The summed E-state index contributed by atoms with van der Waals surface area (Å²) in [6.07, 6.45) is -1.17. The number of urea groups is 1. The summed E-state index contributed by atoms with van der Waals surface area (Å²) in [5.41, 5.74) is 25.5. The Morgan fingerprint density at radius 2 is 1.28 bits per heavy atom. The van der Waals surface area contributed by atoms with E-state index in [1.54, 1.807) is 0 Å². The van der Waals surface area contributed by atoms with Crippen molar-refractivity contribution < 1.29 is 4.79 Å². The van der Waals surface area contributed by atoms with Gasteiger partial charge in [-0.2, -0.15) is 0 Å². The number of rotatable bonds is 4. The molecule has 1 fully saturated rings. The van der Waals surface area contributed by atoms with E-state index >= 15 is 0 Å². The minimum Gasteiger partial charge on any atom is -0.369 e. The molecule has 0 aromatic heterocycles. The van der Waals surface area contributed by atoms with Gasteiger partial charge in [-0.3, -0.25) is 10.9 Å². The van der Waals surface area contributed by atoms with E-state index < -0.39 is 18.4 Å². The first kappa shape index (κ1) is 18.4. The van der Waals surface area contributed by atoms with Gasteiger partial charge in [-0.15, -0.1) is 35.0 Å². The number of hydrogen-bond acceptors (Lipinski definition) is 5. The summed E-state index contributed by atoms with van der Waals surface area (Å²) < 4.78 is 0. The zero-order valence-electron chi connectivity index (χ0n) is 9.08. The van der Waals surface area contributed by atoms with E-state index in [2.05, 4.69) is 31.7 Å². The number of halogens is 2. The maximum absolute atomic E-state index is 11.0. The summed E-state index contributed by atoms with van der Waals surface area (Å²) in [7, 11) is 0. The van der Waals surface area contributed by atoms with Crippen LogP contribution in [0.15, 0.2) is 10.2 Å². The molecule has 1 heterocycles. The maximum Gasteiger partial charge on any atom is 0.318 e. The standard InChI is InChI=1S/C5H14N10O.2ClH/c6-3(7)14-12-1-2(11-5(16)10-1)13-15-4(8)9;;/h1-2,12-13H,(H4,6,7,14)(H4,8,9,15)(H2,10,11,16);2*1H. The molecule has 1 rings (SSSR count). The lowest BCUT2D eigenvalue weighted by atomic mass is 10.4. The number of nitrogens with one attached hydrogen (secondary N) is 4. The number of hydrazone groups is 2. The Hall–Kier alpha value is -2.01. The number of amides is 2. The van der Waals surface area contributed by atoms with Gasteiger partial charge in [0, 0.05) is 0 Å². The molecule has 18 heavy (non-hydrogen) atoms. The van der Waals surface area contributed by atoms with Crippen LogP contribution in [-0.2, 0) is 0 Å². The van der Waals surface area contributed by atoms with Crippen LogP contribution in [0.5, 0.6) is 0 Å². The topological polar surface area (TPSA) is 194 Å². The van der Waals surface area contributed by atoms with E-state index in [1.165, 1.54) is 0 Å². The Kier molecular flexibility index (Phi) is 8.30. The lowest BCUT2D eigenvalue weighted by Gasteiger charge is -2.17. The van der Waals surface area contributed by atoms with Crippen molar-refractivity contribution >= 4 is 42.8 Å². The summed E-state index contributed by atoms with van der Waals surface area (Å²) >= 11 is 0. The second-order valence-electron chi connectivity index (χ2n) is 2.90. The smallest absolute Gasteiger partial charge is 0.318 e. The highest BCUT2D eigenvalue weighted by atomic mass is 35.5. The van der Waals surface area contributed by atoms with Gasteiger partial charge < -0.3 is 33.6 Å². The average molecular weight is 303 g/mol. The highest BCUT2D eigenvalue weighted by Crippen LogP contribution is 1.95. The number of carbonyl (C=O) groups excluding carboxylic acids is 1. The van der Waals surface area contributed by atoms with Crippen LogP contribution in [0, 0.1) is 0 Å². The van der Waals surface area contributed by atoms with Crippen LogP contribution in [-0.4, -0.2) is 30.3 Å². The molecule has 1 aliphatic rings. The van der Waals surface area contributed by atoms with Crippen LogP contribution in [0.1, 0.15) is 0 Å². The highest BCUT2D eigenvalue weighted by molar-refractivity contribution is 5.85. The zero-order valence-corrected chi connectivity index (χ0v) is 10.7. The molecule has 2 atom stereocenters. The largest absolute Gasteiger partial charge is 0.369 e. The third kappa shape index (κ3) is 5.91. The predicted molar refractivity (Wildman–Crippen MR) is 71.6 cm³/mol. The monoisotopic (exact) mass is 302 g/mol. The Labute approximate surface area is 115 Å². The fourth-order valence-electron chi connectivity index (χ4n) is 0.993. The quantitative estimate of drug-likeness (QED) is 0.149. The summed E-state index contributed by atoms with van der Waals surface area (Å²) in [5.74, 6) is -0.330. The minimum atomic E-state index is -0.585. The third-order valence-electron chi connectivity index (χ3n) is 1.57. The van der Waals surface area contributed by atoms with Gasteiger partial charge >= 0.3 is 6.03 Å². The normalized spacial score (nSPS) is 20.1. The Morgan fingerprint density at radius 1 is 0.944 bits per heavy atom. The lowest BCUT2D eigenvalue weighted by molar-refractivity contribution is 0.246. The second-order valence-corrected chi connectivity index (χ2v) is 2.90. The van der Waals surface area contributed by atoms with Gasteiger partial charge in [0.05, 0.1) is 0 Å². The highest BCUT2D eigenvalue weighted by Gasteiger charge is 2.31. The molecule has 0 aliphatic carbocycles. The van der Waals surface area contributed by atoms with Crippen LogP contribution in [0.25, 0.3) is 0 Å². The lowest BCUT2D eigenvalue weighted by Crippen LogP contribution is -2.51. The zero-order chi connectivity index (χ0) is 12.1. The number of nitrogens with two attached hydrogens (primary N) is 4. The van der Waals surface area contributed by atoms with Crippen LogP contribution >= 0.6 is 24.8 Å². The molecular formula is C5H16Cl2N10O. The predicted octanol–water partition coefficient (Wildman–Crippen LogP) is -3.65. The van der Waals surface area contributed by atoms with Gasteiger partial charge in [0.2, 0.25) is 11.9 Å². The van der Waals surface area contributed by atoms with Crippen LogP contribution in [0.4, 0.5) is 4.79 Å². The summed E-state index contributed by atoms with van der Waals surface area (Å²) in [5, 5.41) is 12.1. The van der Waals surface area contributed by atoms with E-state index in [4.69, 9.17) is 22.9 Å². The van der Waals surface area contributed by atoms with Crippen LogP contribution in [0.3, 0.4) is 0 Å². The molecule has 106 valence electrons. The van der Waals surface area contributed by atoms with E-state index in [0.717, 1.165) is 0 Å². The molecule has 0 aromatic carbocycles. The second kappa shape index (κ2) is 8.14. The Morgan fingerprint density at radius 3 is 1.56 bits per heavy atom. The SMILES string of the molecule is Cl.Cl.NC(N)=NNC1NC(=O)NC1NN=C(N)N. The van der Waals surface area contributed by atoms with Crippen molar-refractivity contribution in [3.8, 4) is 0 Å². The van der Waals surface area contributed by atoms with Gasteiger partial charge in [0.15, 0.2) is 12.3 Å². The molecule has 0 radical (unpaired) electrons. The van der Waals surface area contributed by atoms with Crippen molar-refractivity contribution in [1.82, 2.24) is 21.5 Å². The van der Waals surface area contributed by atoms with Gasteiger partial charge in [-0.05, 0) is 0 Å². The first-order valence-electron chi connectivity index (χ1n) is 4.24. The van der Waals surface area contributed by atoms with E-state index in [9.17, 15) is 4.79 Å². The molecule has 0 spiro atoms. The van der Waals surface area contributed by atoms with Crippen molar-refractivity contribution in [2.24, 2.45) is 33.1 Å². The Bertz CT molecular complexity index is 294. The third-order valence-corrected chi connectivity index (χ3v) is 1.57. The molecule has 2 unspecified atom stereocenters. The molecule has 0 aromatic rings. The van der Waals surface area contributed by atoms with Crippen LogP contribution in [0.2, 0.25) is 0 Å². The fraction of sp³-hybridized carbons (Fsp3) is 0.400. The van der Waals surface area contributed by atoms with Crippen molar-refractivity contribution in [3.05, 3.63) is 0 Å². The summed E-state index contributed by atoms with van der Waals surface area (Å²) in [6, 6.07) is -0.411. The average Bonchev–Trinajstić information content (AvgIpc) is 2.52. The molecule has 1 aliphatic heterocycles. The molecule has 0 saturated carbocycles. The Balaban J connectivity index is 0. The van der Waals surface area contributed by atoms with Crippen molar-refractivity contribution in [2.75, 3.05) is 0 Å². The molecule has 1 saturated heterocycles. The van der Waals surface area contributed by atoms with Crippen molar-refractivity contribution in [2.45, 2.75) is 12.3 Å². The first-order chi connectivity index (χ1) is 7.49. The number of nitrogens with zero attached hydrogens (tertiary/aromatic N) is 2. The van der Waals surface area contributed by atoms with E-state index in [1.807, 2.05) is 0 Å². The number of guanidine groups is 2. The summed E-state index contributed by atoms with van der Waals surface area (Å²) in [4.78, 5) is 11.0. The summed E-state index contributed by atoms with van der Waals surface area (Å²) in [6.45, 7) is 0. The number of hydrogen-bond donors (Lipinski definition) is 8. The molecule has 2 amide bonds. The fourth-order valence-corrected chi connectivity index (χ4v) is 0.993. The van der Waals surface area contributed by atoms with E-state index in [0.29, 0.717) is 0 Å². The van der Waals surface area contributed by atoms with Gasteiger partial charge in [0.1, 0.15) is 0 Å². The van der Waals surface area contributed by atoms with Crippen LogP contribution < -0.4 is 44.4 Å². The minimum absolute atomic E-state index is 0. The van der Waals surface area contributed by atoms with E-state index in [-0.39, 0.29) is 36.7 Å². The van der Waals surface area contributed by atoms with Gasteiger partial charge in [0.25, 0.3) is 0 Å². The molecule has 0 bridgehead atoms. The molecule has 13 heteroatoms. The first-order valence-corrected chi connectivity index (χ1v) is 4.24. The van der Waals surface area contributed by atoms with Gasteiger partial charge in [-0.25, -0.2) is 4.79 Å². The van der Waals surface area contributed by atoms with Gasteiger partial charge in [-0.1, -0.05) is 0 Å².